The first kappa shape index (κ1) is 13.6. The molecule has 2 rings (SSSR count). The Labute approximate surface area is 122 Å². The summed E-state index contributed by atoms with van der Waals surface area (Å²) in [5.41, 5.74) is 0.839. The van der Waals surface area contributed by atoms with E-state index in [0.717, 1.165) is 20.0 Å². The van der Waals surface area contributed by atoms with Crippen LogP contribution in [0, 0.1) is 0 Å². The van der Waals surface area contributed by atoms with Crippen LogP contribution in [0.5, 0.6) is 0 Å². The van der Waals surface area contributed by atoms with Crippen molar-refractivity contribution in [2.24, 2.45) is 0 Å². The predicted molar refractivity (Wildman–Crippen MR) is 79.4 cm³/mol. The SMILES string of the molecule is O=C(O)Cc1ccc(SCc2ccc(Br)s2)cc1. The van der Waals surface area contributed by atoms with Gasteiger partial charge in [0.1, 0.15) is 0 Å². The molecule has 0 saturated heterocycles. The lowest BCUT2D eigenvalue weighted by Crippen LogP contribution is -1.99. The Balaban J connectivity index is 1.92. The summed E-state index contributed by atoms with van der Waals surface area (Å²) in [5, 5.41) is 8.68. The van der Waals surface area contributed by atoms with Gasteiger partial charge in [-0.05, 0) is 45.8 Å². The average molecular weight is 343 g/mol. The largest absolute Gasteiger partial charge is 0.481 e. The fourth-order valence-electron chi connectivity index (χ4n) is 1.46. The molecule has 94 valence electrons. The number of hydrogen-bond donors (Lipinski definition) is 1. The average Bonchev–Trinajstić information content (AvgIpc) is 2.74. The molecule has 0 saturated carbocycles. The number of rotatable bonds is 5. The fraction of sp³-hybridized carbons (Fsp3) is 0.154. The second kappa shape index (κ2) is 6.41. The van der Waals surface area contributed by atoms with E-state index in [2.05, 4.69) is 28.1 Å². The number of thiophene rings is 1. The Morgan fingerprint density at radius 1 is 1.22 bits per heavy atom. The van der Waals surface area contributed by atoms with Crippen molar-refractivity contribution in [2.75, 3.05) is 0 Å². The molecule has 1 aromatic heterocycles. The zero-order chi connectivity index (χ0) is 13.0. The molecule has 0 radical (unpaired) electrons. The van der Waals surface area contributed by atoms with Gasteiger partial charge < -0.3 is 5.11 Å². The minimum absolute atomic E-state index is 0.0861. The standard InChI is InChI=1S/C13H11BrO2S2/c14-12-6-5-11(18-12)8-17-10-3-1-9(2-4-10)7-13(15)16/h1-6H,7-8H2,(H,15,16). The van der Waals surface area contributed by atoms with Crippen LogP contribution in [-0.2, 0) is 17.0 Å². The lowest BCUT2D eigenvalue weighted by atomic mass is 10.2. The Kier molecular flexibility index (Phi) is 4.86. The lowest BCUT2D eigenvalue weighted by molar-refractivity contribution is -0.136. The molecule has 0 bridgehead atoms. The Hall–Kier alpha value is -0.780. The Bertz CT molecular complexity index is 534. The molecule has 5 heteroatoms. The molecule has 0 aliphatic rings. The van der Waals surface area contributed by atoms with Crippen molar-refractivity contribution >= 4 is 45.0 Å². The van der Waals surface area contributed by atoms with E-state index in [9.17, 15) is 4.79 Å². The van der Waals surface area contributed by atoms with Crippen molar-refractivity contribution in [1.82, 2.24) is 0 Å². The smallest absolute Gasteiger partial charge is 0.307 e. The maximum Gasteiger partial charge on any atom is 0.307 e. The minimum Gasteiger partial charge on any atom is -0.481 e. The van der Waals surface area contributed by atoms with Crippen LogP contribution in [0.2, 0.25) is 0 Å². The third-order valence-electron chi connectivity index (χ3n) is 2.29. The molecule has 1 N–H and O–H groups in total. The quantitative estimate of drug-likeness (QED) is 0.816. The molecule has 2 aromatic rings. The predicted octanol–water partition coefficient (Wildman–Crippen LogP) is 4.43. The van der Waals surface area contributed by atoms with Gasteiger partial charge in [0.15, 0.2) is 0 Å². The van der Waals surface area contributed by atoms with E-state index in [1.165, 1.54) is 4.88 Å². The highest BCUT2D eigenvalue weighted by molar-refractivity contribution is 9.11. The molecule has 2 nitrogen and oxygen atoms in total. The number of hydrogen-bond acceptors (Lipinski definition) is 3. The maximum absolute atomic E-state index is 10.6. The second-order valence-corrected chi connectivity index (χ2v) is 7.31. The third-order valence-corrected chi connectivity index (χ3v) is 5.16. The van der Waals surface area contributed by atoms with E-state index < -0.39 is 5.97 Å². The van der Waals surface area contributed by atoms with Crippen molar-refractivity contribution in [3.8, 4) is 0 Å². The van der Waals surface area contributed by atoms with Gasteiger partial charge in [-0.1, -0.05) is 12.1 Å². The van der Waals surface area contributed by atoms with Crippen LogP contribution >= 0.6 is 39.0 Å². The molecule has 0 atom stereocenters. The number of carboxylic acid groups (broad SMARTS) is 1. The summed E-state index contributed by atoms with van der Waals surface area (Å²) >= 11 is 6.94. The van der Waals surface area contributed by atoms with Crippen LogP contribution in [0.15, 0.2) is 45.1 Å². The number of aliphatic carboxylic acids is 1. The summed E-state index contributed by atoms with van der Waals surface area (Å²) in [6.07, 6.45) is 0.0861. The van der Waals surface area contributed by atoms with Crippen molar-refractivity contribution in [3.05, 3.63) is 50.6 Å². The zero-order valence-electron chi connectivity index (χ0n) is 9.43. The number of thioether (sulfide) groups is 1. The van der Waals surface area contributed by atoms with Gasteiger partial charge in [0.05, 0.1) is 10.2 Å². The maximum atomic E-state index is 10.6. The second-order valence-electron chi connectivity index (χ2n) is 3.71. The van der Waals surface area contributed by atoms with Crippen LogP contribution in [0.3, 0.4) is 0 Å². The summed E-state index contributed by atoms with van der Waals surface area (Å²) in [4.78, 5) is 13.0. The van der Waals surface area contributed by atoms with Gasteiger partial charge in [0.2, 0.25) is 0 Å². The highest BCUT2D eigenvalue weighted by Gasteiger charge is 2.02. The molecular weight excluding hydrogens is 332 g/mol. The minimum atomic E-state index is -0.793. The zero-order valence-corrected chi connectivity index (χ0v) is 12.6. The Morgan fingerprint density at radius 2 is 1.94 bits per heavy atom. The van der Waals surface area contributed by atoms with Gasteiger partial charge in [-0.25, -0.2) is 0 Å². The van der Waals surface area contributed by atoms with E-state index >= 15 is 0 Å². The van der Waals surface area contributed by atoms with Crippen LogP contribution in [0.1, 0.15) is 10.4 Å². The van der Waals surface area contributed by atoms with E-state index in [0.29, 0.717) is 0 Å². The number of carbonyl (C=O) groups is 1. The monoisotopic (exact) mass is 342 g/mol. The van der Waals surface area contributed by atoms with Crippen LogP contribution in [0.25, 0.3) is 0 Å². The van der Waals surface area contributed by atoms with Crippen LogP contribution in [-0.4, -0.2) is 11.1 Å². The van der Waals surface area contributed by atoms with E-state index in [4.69, 9.17) is 5.11 Å². The molecule has 18 heavy (non-hydrogen) atoms. The molecule has 0 fully saturated rings. The number of halogens is 1. The first-order valence-electron chi connectivity index (χ1n) is 5.31. The third kappa shape index (κ3) is 4.15. The molecule has 0 aliphatic heterocycles. The Morgan fingerprint density at radius 3 is 2.50 bits per heavy atom. The summed E-state index contributed by atoms with van der Waals surface area (Å²) in [7, 11) is 0. The number of carboxylic acids is 1. The van der Waals surface area contributed by atoms with E-state index in [1.54, 1.807) is 23.1 Å². The van der Waals surface area contributed by atoms with Gasteiger partial charge in [-0.15, -0.1) is 23.1 Å². The molecule has 0 spiro atoms. The molecule has 0 aliphatic carbocycles. The molecule has 0 unspecified atom stereocenters. The molecule has 1 aromatic carbocycles. The van der Waals surface area contributed by atoms with Gasteiger partial charge in [0, 0.05) is 15.5 Å². The van der Waals surface area contributed by atoms with Crippen molar-refractivity contribution in [1.29, 1.82) is 0 Å². The van der Waals surface area contributed by atoms with Crippen LogP contribution in [0.4, 0.5) is 0 Å². The highest BCUT2D eigenvalue weighted by atomic mass is 79.9. The van der Waals surface area contributed by atoms with Crippen molar-refractivity contribution < 1.29 is 9.90 Å². The molecule has 1 heterocycles. The molecule has 0 amide bonds. The first-order valence-corrected chi connectivity index (χ1v) is 7.91. The fourth-order valence-corrected chi connectivity index (χ4v) is 3.89. The van der Waals surface area contributed by atoms with Crippen molar-refractivity contribution in [2.45, 2.75) is 17.1 Å². The lowest BCUT2D eigenvalue weighted by Gasteiger charge is -2.01. The first-order chi connectivity index (χ1) is 8.63. The summed E-state index contributed by atoms with van der Waals surface area (Å²) in [6.45, 7) is 0. The highest BCUT2D eigenvalue weighted by Crippen LogP contribution is 2.29. The van der Waals surface area contributed by atoms with E-state index in [-0.39, 0.29) is 6.42 Å². The topological polar surface area (TPSA) is 37.3 Å². The summed E-state index contributed by atoms with van der Waals surface area (Å²) in [5.74, 6) is 0.146. The van der Waals surface area contributed by atoms with Gasteiger partial charge in [-0.2, -0.15) is 0 Å². The van der Waals surface area contributed by atoms with Crippen molar-refractivity contribution in [3.63, 3.8) is 0 Å². The van der Waals surface area contributed by atoms with Gasteiger partial charge in [0.25, 0.3) is 0 Å². The molecular formula is C13H11BrO2S2. The summed E-state index contributed by atoms with van der Waals surface area (Å²) in [6, 6.07) is 11.9. The van der Waals surface area contributed by atoms with Gasteiger partial charge in [-0.3, -0.25) is 4.79 Å². The van der Waals surface area contributed by atoms with E-state index in [1.807, 2.05) is 24.3 Å². The van der Waals surface area contributed by atoms with Gasteiger partial charge >= 0.3 is 5.97 Å². The summed E-state index contributed by atoms with van der Waals surface area (Å²) < 4.78 is 1.15. The number of benzene rings is 1. The normalized spacial score (nSPS) is 10.5. The van der Waals surface area contributed by atoms with Crippen LogP contribution < -0.4 is 0 Å².